The molecule has 0 unspecified atom stereocenters. The first-order chi connectivity index (χ1) is 17.1. The minimum absolute atomic E-state index is 0.0315. The minimum atomic E-state index is -0.165. The number of halogens is 1. The van der Waals surface area contributed by atoms with E-state index in [0.717, 1.165) is 74.6 Å². The molecule has 3 aromatic rings. The summed E-state index contributed by atoms with van der Waals surface area (Å²) >= 11 is 1.72. The summed E-state index contributed by atoms with van der Waals surface area (Å²) in [6.07, 6.45) is 4.51. The van der Waals surface area contributed by atoms with E-state index in [1.807, 2.05) is 12.1 Å². The molecular weight excluding hydrogens is 463 g/mol. The number of thiophene rings is 1. The topological polar surface area (TPSA) is 64.6 Å². The Kier molecular flexibility index (Phi) is 7.43. The van der Waals surface area contributed by atoms with Crippen LogP contribution in [-0.4, -0.2) is 73.1 Å². The minimum Gasteiger partial charge on any atom is -0.367 e. The third-order valence-corrected chi connectivity index (χ3v) is 8.28. The van der Waals surface area contributed by atoms with Crippen molar-refractivity contribution in [3.05, 3.63) is 47.4 Å². The zero-order chi connectivity index (χ0) is 24.2. The van der Waals surface area contributed by atoms with Crippen LogP contribution >= 0.6 is 11.3 Å². The van der Waals surface area contributed by atoms with Gasteiger partial charge in [-0.2, -0.15) is 0 Å². The molecule has 1 N–H and O–H groups in total. The fourth-order valence-electron chi connectivity index (χ4n) is 5.10. The summed E-state index contributed by atoms with van der Waals surface area (Å²) in [6.45, 7) is 8.53. The highest BCUT2D eigenvalue weighted by Crippen LogP contribution is 2.32. The quantitative estimate of drug-likeness (QED) is 0.540. The largest absolute Gasteiger partial charge is 0.367 e. The van der Waals surface area contributed by atoms with Gasteiger partial charge in [0, 0.05) is 57.2 Å². The molecule has 0 radical (unpaired) electrons. The number of hydrogen-bond acceptors (Lipinski definition) is 7. The van der Waals surface area contributed by atoms with Crippen LogP contribution in [0.3, 0.4) is 0 Å². The number of benzene rings is 1. The number of piperidine rings is 1. The molecule has 9 heteroatoms. The lowest BCUT2D eigenvalue weighted by Gasteiger charge is -2.36. The summed E-state index contributed by atoms with van der Waals surface area (Å²) in [5.74, 6) is 0.888. The van der Waals surface area contributed by atoms with E-state index < -0.39 is 0 Å². The maximum atomic E-state index is 14.1. The van der Waals surface area contributed by atoms with Crippen LogP contribution in [0, 0.1) is 11.7 Å². The fourth-order valence-corrected chi connectivity index (χ4v) is 6.03. The second-order valence-electron chi connectivity index (χ2n) is 9.34. The molecule has 5 rings (SSSR count). The molecule has 4 heterocycles. The molecule has 35 heavy (non-hydrogen) atoms. The highest BCUT2D eigenvalue weighted by atomic mass is 32.1. The van der Waals surface area contributed by atoms with Crippen molar-refractivity contribution in [3.8, 4) is 0 Å². The number of para-hydroxylation sites is 1. The van der Waals surface area contributed by atoms with Crippen LogP contribution in [-0.2, 0) is 11.2 Å². The molecule has 1 atom stereocenters. The Morgan fingerprint density at radius 3 is 2.77 bits per heavy atom. The first-order valence-electron chi connectivity index (χ1n) is 12.6. The monoisotopic (exact) mass is 496 g/mol. The number of rotatable bonds is 7. The molecule has 0 aliphatic carbocycles. The van der Waals surface area contributed by atoms with Gasteiger partial charge in [0.05, 0.1) is 17.0 Å². The molecule has 7 nitrogen and oxygen atoms in total. The Labute approximate surface area is 210 Å². The van der Waals surface area contributed by atoms with Crippen molar-refractivity contribution in [2.24, 2.45) is 5.92 Å². The van der Waals surface area contributed by atoms with Gasteiger partial charge in [0.1, 0.15) is 22.8 Å². The van der Waals surface area contributed by atoms with Crippen molar-refractivity contribution in [2.75, 3.05) is 62.2 Å². The summed E-state index contributed by atoms with van der Waals surface area (Å²) in [7, 11) is 0. The van der Waals surface area contributed by atoms with E-state index in [1.165, 1.54) is 10.9 Å². The highest BCUT2D eigenvalue weighted by Gasteiger charge is 2.28. The van der Waals surface area contributed by atoms with Crippen LogP contribution in [0.5, 0.6) is 0 Å². The van der Waals surface area contributed by atoms with Gasteiger partial charge in [-0.05, 0) is 37.5 Å². The second-order valence-corrected chi connectivity index (χ2v) is 10.5. The Morgan fingerprint density at radius 2 is 1.97 bits per heavy atom. The van der Waals surface area contributed by atoms with Crippen molar-refractivity contribution in [1.29, 1.82) is 0 Å². The van der Waals surface area contributed by atoms with E-state index in [4.69, 9.17) is 0 Å². The van der Waals surface area contributed by atoms with Gasteiger partial charge in [0.25, 0.3) is 0 Å². The van der Waals surface area contributed by atoms with Gasteiger partial charge in [-0.15, -0.1) is 11.3 Å². The van der Waals surface area contributed by atoms with Crippen molar-refractivity contribution in [2.45, 2.75) is 26.2 Å². The van der Waals surface area contributed by atoms with E-state index in [9.17, 15) is 9.18 Å². The molecule has 2 saturated heterocycles. The first-order valence-corrected chi connectivity index (χ1v) is 13.4. The fraction of sp³-hybridized carbons (Fsp3) is 0.500. The maximum Gasteiger partial charge on any atom is 0.224 e. The van der Waals surface area contributed by atoms with Gasteiger partial charge >= 0.3 is 0 Å². The summed E-state index contributed by atoms with van der Waals surface area (Å²) < 4.78 is 14.1. The number of carbonyl (C=O) groups is 1. The molecule has 0 spiro atoms. The zero-order valence-corrected chi connectivity index (χ0v) is 21.1. The molecule has 2 aromatic heterocycles. The van der Waals surface area contributed by atoms with Crippen LogP contribution in [0.1, 0.15) is 24.6 Å². The predicted molar refractivity (Wildman–Crippen MR) is 140 cm³/mol. The molecule has 1 amide bonds. The van der Waals surface area contributed by atoms with Gasteiger partial charge in [0.2, 0.25) is 5.91 Å². The van der Waals surface area contributed by atoms with Gasteiger partial charge in [0.15, 0.2) is 0 Å². The maximum absolute atomic E-state index is 14.1. The van der Waals surface area contributed by atoms with Crippen molar-refractivity contribution in [3.63, 3.8) is 0 Å². The van der Waals surface area contributed by atoms with Crippen molar-refractivity contribution < 1.29 is 9.18 Å². The Morgan fingerprint density at radius 1 is 1.14 bits per heavy atom. The van der Waals surface area contributed by atoms with E-state index >= 15 is 0 Å². The third kappa shape index (κ3) is 5.41. The molecule has 0 saturated carbocycles. The smallest absolute Gasteiger partial charge is 0.224 e. The van der Waals surface area contributed by atoms with Crippen LogP contribution in [0.4, 0.5) is 15.9 Å². The molecule has 0 bridgehead atoms. The lowest BCUT2D eigenvalue weighted by Crippen LogP contribution is -2.49. The molecular formula is C26H33FN6OS. The van der Waals surface area contributed by atoms with Crippen molar-refractivity contribution in [1.82, 2.24) is 20.2 Å². The normalized spacial score (nSPS) is 19.3. The van der Waals surface area contributed by atoms with E-state index in [-0.39, 0.29) is 17.6 Å². The number of nitrogens with one attached hydrogen (secondary N) is 1. The Hall–Kier alpha value is -2.78. The number of nitrogens with zero attached hydrogens (tertiary/aromatic N) is 5. The lowest BCUT2D eigenvalue weighted by molar-refractivity contribution is -0.125. The third-order valence-electron chi connectivity index (χ3n) is 7.09. The molecule has 1 aromatic carbocycles. The predicted octanol–water partition coefficient (Wildman–Crippen LogP) is 3.55. The Balaban J connectivity index is 1.10. The second kappa shape index (κ2) is 10.9. The van der Waals surface area contributed by atoms with Gasteiger partial charge in [-0.3, -0.25) is 9.69 Å². The summed E-state index contributed by atoms with van der Waals surface area (Å²) in [4.78, 5) is 31.0. The molecule has 186 valence electrons. The average molecular weight is 497 g/mol. The van der Waals surface area contributed by atoms with Gasteiger partial charge in [-0.1, -0.05) is 19.1 Å². The number of aryl methyl sites for hydroxylation is 1. The average Bonchev–Trinajstić information content (AvgIpc) is 3.33. The number of carbonyl (C=O) groups excluding carboxylic acids is 1. The van der Waals surface area contributed by atoms with Crippen LogP contribution < -0.4 is 15.1 Å². The summed E-state index contributed by atoms with van der Waals surface area (Å²) in [6, 6.07) is 9.15. The van der Waals surface area contributed by atoms with Crippen LogP contribution in [0.25, 0.3) is 10.2 Å². The number of anilines is 2. The zero-order valence-electron chi connectivity index (χ0n) is 20.3. The van der Waals surface area contributed by atoms with Crippen LogP contribution in [0.2, 0.25) is 0 Å². The number of aromatic nitrogens is 2. The van der Waals surface area contributed by atoms with Gasteiger partial charge in [-0.25, -0.2) is 14.4 Å². The van der Waals surface area contributed by atoms with Crippen LogP contribution in [0.15, 0.2) is 36.7 Å². The number of fused-ring (bicyclic) bond motifs is 1. The lowest BCUT2D eigenvalue weighted by atomic mass is 9.97. The molecule has 2 fully saturated rings. The SMILES string of the molecule is CCc1cc2c(N3CCC[C@H](C(=O)NCCN4CCN(c5ccccc5F)CC4)C3)ncnc2s1. The first kappa shape index (κ1) is 23.9. The van der Waals surface area contributed by atoms with E-state index in [2.05, 4.69) is 43.0 Å². The number of piperazine rings is 1. The van der Waals surface area contributed by atoms with E-state index in [0.29, 0.717) is 18.8 Å². The number of hydrogen-bond donors (Lipinski definition) is 1. The summed E-state index contributed by atoms with van der Waals surface area (Å²) in [5.41, 5.74) is 0.677. The van der Waals surface area contributed by atoms with Crippen molar-refractivity contribution >= 4 is 39.0 Å². The summed E-state index contributed by atoms with van der Waals surface area (Å²) in [5, 5.41) is 4.26. The van der Waals surface area contributed by atoms with E-state index in [1.54, 1.807) is 23.7 Å². The Bertz CT molecular complexity index is 1160. The molecule has 2 aliphatic rings. The molecule has 2 aliphatic heterocycles. The van der Waals surface area contributed by atoms with Gasteiger partial charge < -0.3 is 15.1 Å². The number of amides is 1. The standard InChI is InChI=1S/C26H33FN6OS/c1-2-20-16-21-24(29-18-30-26(21)35-20)33-10-5-6-19(17-33)25(34)28-9-11-31-12-14-32(15-13-31)23-8-4-3-7-22(23)27/h3-4,7-8,16,18-19H,2,5-6,9-15,17H2,1H3,(H,28,34)/t19-/m0/s1. The highest BCUT2D eigenvalue weighted by molar-refractivity contribution is 7.18.